The molecule has 4 heterocycles. The predicted octanol–water partition coefficient (Wildman–Crippen LogP) is -4.39. The Bertz CT molecular complexity index is 2770. The summed E-state index contributed by atoms with van der Waals surface area (Å²) < 4.78 is 0. The Morgan fingerprint density at radius 3 is 1.80 bits per heavy atom. The van der Waals surface area contributed by atoms with Gasteiger partial charge in [-0.1, -0.05) is 76.9 Å². The first kappa shape index (κ1) is 74.1. The normalized spacial score (nSPS) is 28.7. The number of benzene rings is 1. The summed E-state index contributed by atoms with van der Waals surface area (Å²) in [4.78, 5) is 172. The second kappa shape index (κ2) is 35.3. The first-order valence-electron chi connectivity index (χ1n) is 31.5. The van der Waals surface area contributed by atoms with Crippen LogP contribution in [0.2, 0.25) is 0 Å². The molecule has 6 unspecified atom stereocenters. The lowest BCUT2D eigenvalue weighted by Crippen LogP contribution is -2.61. The standard InChI is InChI=1S/C61H94N12O18/c1-7-32(4)48-57(87)68-41(31-74)54(84)64-37(9-3)53(83)70-49(34(6)75)58(88)66-39(22-21-35-16-11-10-12-17-35)60(90)72-26-13-18-42(72)55(85)67-40(28-36(76)29-45(77)50(80)33(5)8-2)51(81)59(89)65-38(23-24-46(62)78)52(82)63-30-47(79)71-25-15-20-44(71)61(91)73-27-14-19-43(73)56(86)69-48/h9-12,16-17,32-34,36,38-45,48-51,74-77,80-81H,7-8,13-15,18-31H2,1-6H3,(H2,62,78)(H,63,82)(H,64,84)(H,65,89)(H,66,88)(H,67,85)(H,68,87)(H,69,86)(H,70,83)/b37-9-/t32-,33?,34-,36?,38-,39+,40?,41+,42+,43+,44+,45?,48-,49+,50?,51?/m1/s1. The molecule has 0 spiro atoms. The van der Waals surface area contributed by atoms with Gasteiger partial charge in [0.05, 0.1) is 43.6 Å². The number of rotatable bonds is 17. The van der Waals surface area contributed by atoms with Gasteiger partial charge in [-0.05, 0) is 95.5 Å². The van der Waals surface area contributed by atoms with Crippen molar-refractivity contribution in [2.75, 3.05) is 32.8 Å². The van der Waals surface area contributed by atoms with Gasteiger partial charge in [0, 0.05) is 32.5 Å². The maximum atomic E-state index is 14.9. The molecule has 0 bridgehead atoms. The first-order chi connectivity index (χ1) is 43.1. The van der Waals surface area contributed by atoms with E-state index in [0.29, 0.717) is 25.7 Å². The third-order valence-corrected chi connectivity index (χ3v) is 17.5. The molecule has 5 rings (SSSR count). The Balaban J connectivity index is 1.55. The summed E-state index contributed by atoms with van der Waals surface area (Å²) in [5.41, 5.74) is 5.67. The van der Waals surface area contributed by atoms with Crippen molar-refractivity contribution >= 4 is 70.9 Å². The van der Waals surface area contributed by atoms with Crippen molar-refractivity contribution in [1.29, 1.82) is 0 Å². The SMILES string of the molecule is C/C=C1\NC(=O)[C@H](CO)NC(=O)[C@@H]([C@H](C)CC)NC(=O)[C@@H]2CCCN2C(=O)[C@@H]2CCCN2C(=O)CNC(=O)[C@@H](CCC(N)=O)NC(=O)C(O)C(CC(O)CC(O)C(O)C(C)CC)NC(=O)[C@@H]2CCCN2C(=O)[C@H](CCc2ccccc2)NC(=O)[C@H]([C@@H](C)O)NC1=O. The van der Waals surface area contributed by atoms with E-state index in [1.54, 1.807) is 58.0 Å². The lowest BCUT2D eigenvalue weighted by atomic mass is 9.91. The number of primary amides is 1. The molecule has 4 saturated heterocycles. The molecule has 0 aromatic heterocycles. The van der Waals surface area contributed by atoms with E-state index >= 15 is 0 Å². The van der Waals surface area contributed by atoms with E-state index in [0.717, 1.165) is 16.5 Å². The summed E-state index contributed by atoms with van der Waals surface area (Å²) in [6.45, 7) is 7.66. The molecule has 1 aromatic rings. The van der Waals surface area contributed by atoms with E-state index in [1.807, 2.05) is 0 Å². The van der Waals surface area contributed by atoms with Crippen molar-refractivity contribution < 1.29 is 88.2 Å². The molecular weight excluding hydrogens is 1190 g/mol. The monoisotopic (exact) mass is 1280 g/mol. The van der Waals surface area contributed by atoms with Crippen molar-refractivity contribution in [1.82, 2.24) is 57.2 Å². The van der Waals surface area contributed by atoms with Crippen LogP contribution in [0.5, 0.6) is 0 Å². The molecule has 16 N–H and O–H groups in total. The molecule has 506 valence electrons. The summed E-state index contributed by atoms with van der Waals surface area (Å²) in [6, 6.07) is -4.64. The quantitative estimate of drug-likeness (QED) is 0.0655. The maximum absolute atomic E-state index is 14.9. The minimum atomic E-state index is -2.34. The molecule has 4 fully saturated rings. The van der Waals surface area contributed by atoms with Crippen LogP contribution in [0.4, 0.5) is 0 Å². The maximum Gasteiger partial charge on any atom is 0.268 e. The average Bonchev–Trinajstić information content (AvgIpc) is 1.88. The van der Waals surface area contributed by atoms with Gasteiger partial charge in [-0.25, -0.2) is 0 Å². The van der Waals surface area contributed by atoms with E-state index in [9.17, 15) is 88.2 Å². The van der Waals surface area contributed by atoms with Crippen molar-refractivity contribution in [3.63, 3.8) is 0 Å². The second-order valence-corrected chi connectivity index (χ2v) is 24.1. The summed E-state index contributed by atoms with van der Waals surface area (Å²) in [5, 5.41) is 86.1. The van der Waals surface area contributed by atoms with Crippen LogP contribution < -0.4 is 48.3 Å². The minimum absolute atomic E-state index is 0.00642. The number of carbonyl (C=O) groups is 12. The number of amides is 12. The lowest BCUT2D eigenvalue weighted by molar-refractivity contribution is -0.147. The highest BCUT2D eigenvalue weighted by atomic mass is 16.3. The Labute approximate surface area is 529 Å². The molecule has 0 aliphatic carbocycles. The fraction of sp³-hybridized carbons (Fsp3) is 0.672. The van der Waals surface area contributed by atoms with Crippen LogP contribution in [-0.4, -0.2) is 234 Å². The minimum Gasteiger partial charge on any atom is -0.394 e. The van der Waals surface area contributed by atoms with Gasteiger partial charge in [-0.3, -0.25) is 57.5 Å². The van der Waals surface area contributed by atoms with Crippen LogP contribution in [-0.2, 0) is 64.0 Å². The zero-order chi connectivity index (χ0) is 67.4. The number of allylic oxidation sites excluding steroid dienone is 1. The van der Waals surface area contributed by atoms with Gasteiger partial charge in [0.2, 0.25) is 59.1 Å². The molecule has 91 heavy (non-hydrogen) atoms. The second-order valence-electron chi connectivity index (χ2n) is 24.1. The average molecular weight is 1280 g/mol. The third kappa shape index (κ3) is 20.4. The van der Waals surface area contributed by atoms with Gasteiger partial charge in [0.25, 0.3) is 11.8 Å². The smallest absolute Gasteiger partial charge is 0.268 e. The number of hydrogen-bond donors (Lipinski definition) is 15. The van der Waals surface area contributed by atoms with E-state index in [1.165, 1.54) is 23.6 Å². The summed E-state index contributed by atoms with van der Waals surface area (Å²) in [5.74, 6) is -12.4. The highest BCUT2D eigenvalue weighted by Crippen LogP contribution is 2.27. The molecule has 30 nitrogen and oxygen atoms in total. The lowest BCUT2D eigenvalue weighted by Gasteiger charge is -2.33. The number of hydrogen-bond acceptors (Lipinski definition) is 18. The molecular formula is C61H94N12O18. The number of carbonyl (C=O) groups excluding carboxylic acids is 12. The largest absolute Gasteiger partial charge is 0.394 e. The third-order valence-electron chi connectivity index (χ3n) is 17.5. The number of aryl methyl sites for hydroxylation is 1. The number of nitrogens with one attached hydrogen (secondary N) is 8. The number of nitrogens with two attached hydrogens (primary N) is 1. The Kier molecular flexibility index (Phi) is 28.7. The van der Waals surface area contributed by atoms with Crippen molar-refractivity contribution in [2.45, 2.75) is 216 Å². The highest BCUT2D eigenvalue weighted by Gasteiger charge is 2.45. The summed E-state index contributed by atoms with van der Waals surface area (Å²) >= 11 is 0. The van der Waals surface area contributed by atoms with Crippen LogP contribution >= 0.6 is 0 Å². The number of fused-ring (bicyclic) bond motifs is 3. The van der Waals surface area contributed by atoms with Gasteiger partial charge >= 0.3 is 0 Å². The highest BCUT2D eigenvalue weighted by molar-refractivity contribution is 6.03. The molecule has 30 heteroatoms. The fourth-order valence-electron chi connectivity index (χ4n) is 11.7. The summed E-state index contributed by atoms with van der Waals surface area (Å²) in [6.07, 6.45) is -7.43. The number of aliphatic hydroxyl groups is 6. The number of aliphatic hydroxyl groups excluding tert-OH is 6. The van der Waals surface area contributed by atoms with Crippen LogP contribution in [0.25, 0.3) is 0 Å². The van der Waals surface area contributed by atoms with Gasteiger partial charge in [0.15, 0.2) is 6.10 Å². The van der Waals surface area contributed by atoms with Crippen LogP contribution in [0.15, 0.2) is 42.1 Å². The molecule has 0 radical (unpaired) electrons. The number of nitrogens with zero attached hydrogens (tertiary/aromatic N) is 3. The molecule has 4 aliphatic heterocycles. The van der Waals surface area contributed by atoms with Gasteiger partial charge in [-0.15, -0.1) is 0 Å². The van der Waals surface area contributed by atoms with Crippen molar-refractivity contribution in [3.05, 3.63) is 47.7 Å². The van der Waals surface area contributed by atoms with Crippen LogP contribution in [0, 0.1) is 11.8 Å². The molecule has 1 aromatic carbocycles. The topological polar surface area (TPSA) is 458 Å². The van der Waals surface area contributed by atoms with E-state index < -0.39 is 212 Å². The van der Waals surface area contributed by atoms with Crippen molar-refractivity contribution in [2.24, 2.45) is 17.6 Å². The van der Waals surface area contributed by atoms with Gasteiger partial charge in [-0.2, -0.15) is 0 Å². The molecule has 12 amide bonds. The van der Waals surface area contributed by atoms with Crippen molar-refractivity contribution in [3.8, 4) is 0 Å². The van der Waals surface area contributed by atoms with E-state index in [2.05, 4.69) is 42.5 Å². The summed E-state index contributed by atoms with van der Waals surface area (Å²) in [7, 11) is 0. The Morgan fingerprint density at radius 1 is 0.648 bits per heavy atom. The van der Waals surface area contributed by atoms with Gasteiger partial charge < -0.3 is 93.6 Å². The fourth-order valence-corrected chi connectivity index (χ4v) is 11.7. The molecule has 16 atom stereocenters. The molecule has 4 aliphatic rings. The first-order valence-corrected chi connectivity index (χ1v) is 31.5. The van der Waals surface area contributed by atoms with E-state index in [-0.39, 0.29) is 58.2 Å². The van der Waals surface area contributed by atoms with Crippen LogP contribution in [0.3, 0.4) is 0 Å². The van der Waals surface area contributed by atoms with Gasteiger partial charge in [0.1, 0.15) is 54.0 Å². The zero-order valence-electron chi connectivity index (χ0n) is 52.6. The van der Waals surface area contributed by atoms with E-state index in [4.69, 9.17) is 5.73 Å². The predicted molar refractivity (Wildman–Crippen MR) is 325 cm³/mol. The van der Waals surface area contributed by atoms with Crippen LogP contribution in [0.1, 0.15) is 131 Å². The molecule has 0 saturated carbocycles. The Morgan fingerprint density at radius 2 is 1.22 bits per heavy atom. The zero-order valence-corrected chi connectivity index (χ0v) is 52.6. The Hall–Kier alpha value is -7.64.